The summed E-state index contributed by atoms with van der Waals surface area (Å²) in [5, 5.41) is 17.6. The van der Waals surface area contributed by atoms with Gasteiger partial charge in [0.1, 0.15) is 18.4 Å². The summed E-state index contributed by atoms with van der Waals surface area (Å²) in [5.74, 6) is -0.564. The minimum Gasteiger partial charge on any atom is -0.458 e. The first-order chi connectivity index (χ1) is 7.58. The lowest BCUT2D eigenvalue weighted by molar-refractivity contribution is 0.00855. The third kappa shape index (κ3) is 2.98. The van der Waals surface area contributed by atoms with Crippen LogP contribution in [0.2, 0.25) is 0 Å². The van der Waals surface area contributed by atoms with Crippen LogP contribution in [0.3, 0.4) is 0 Å². The zero-order chi connectivity index (χ0) is 12.1. The molecule has 0 saturated heterocycles. The molecule has 1 atom stereocenters. The number of ether oxygens (including phenoxy) is 1. The van der Waals surface area contributed by atoms with Crippen molar-refractivity contribution >= 4 is 11.7 Å². The van der Waals surface area contributed by atoms with Gasteiger partial charge in [0.15, 0.2) is 0 Å². The maximum atomic E-state index is 11.6. The van der Waals surface area contributed by atoms with Crippen LogP contribution in [0, 0.1) is 0 Å². The first-order valence-electron chi connectivity index (χ1n) is 5.00. The number of carbonyl (C=O) groups is 1. The van der Waals surface area contributed by atoms with Crippen molar-refractivity contribution in [1.29, 1.82) is 0 Å². The number of anilines is 1. The van der Waals surface area contributed by atoms with Crippen LogP contribution in [0.25, 0.3) is 0 Å². The Labute approximate surface area is 93.2 Å². The van der Waals surface area contributed by atoms with Crippen molar-refractivity contribution in [2.45, 2.75) is 19.6 Å². The second-order valence-corrected chi connectivity index (χ2v) is 3.38. The highest BCUT2D eigenvalue weighted by Crippen LogP contribution is 2.11. The van der Waals surface area contributed by atoms with Crippen LogP contribution in [0.4, 0.5) is 5.69 Å². The number of nitrogen functional groups attached to an aromatic ring is 1. The van der Waals surface area contributed by atoms with E-state index in [9.17, 15) is 4.79 Å². The lowest BCUT2D eigenvalue weighted by Gasteiger charge is -2.09. The minimum absolute atomic E-state index is 0.232. The first kappa shape index (κ1) is 12.5. The maximum Gasteiger partial charge on any atom is 0.355 e. The molecule has 1 aromatic heterocycles. The lowest BCUT2D eigenvalue weighted by Crippen LogP contribution is -2.23. The van der Waals surface area contributed by atoms with Crippen LogP contribution >= 0.6 is 0 Å². The maximum absolute atomic E-state index is 11.6. The summed E-state index contributed by atoms with van der Waals surface area (Å²) >= 11 is 0. The summed E-state index contributed by atoms with van der Waals surface area (Å²) < 4.78 is 6.47. The number of carbonyl (C=O) groups excluding carboxylic acids is 1. The number of nitrogens with two attached hydrogens (primary N) is 1. The number of nitrogens with zero attached hydrogens (tertiary/aromatic N) is 1. The molecule has 0 spiro atoms. The average molecular weight is 228 g/mol. The van der Waals surface area contributed by atoms with Crippen molar-refractivity contribution in [2.75, 3.05) is 18.9 Å². The molecule has 90 valence electrons. The highest BCUT2D eigenvalue weighted by Gasteiger charge is 2.15. The molecular formula is C10H16N2O4. The Hall–Kier alpha value is -1.53. The fourth-order valence-corrected chi connectivity index (χ4v) is 1.26. The van der Waals surface area contributed by atoms with E-state index in [0.717, 1.165) is 0 Å². The Morgan fingerprint density at radius 3 is 2.94 bits per heavy atom. The third-order valence-electron chi connectivity index (χ3n) is 2.09. The number of aromatic nitrogens is 1. The van der Waals surface area contributed by atoms with Crippen LogP contribution in [0.5, 0.6) is 0 Å². The Balaban J connectivity index is 2.65. The van der Waals surface area contributed by atoms with Gasteiger partial charge < -0.3 is 25.3 Å². The van der Waals surface area contributed by atoms with Crippen LogP contribution < -0.4 is 5.73 Å². The van der Waals surface area contributed by atoms with Crippen LogP contribution in [0.15, 0.2) is 12.3 Å². The molecule has 0 bridgehead atoms. The van der Waals surface area contributed by atoms with E-state index < -0.39 is 18.7 Å². The van der Waals surface area contributed by atoms with Crippen LogP contribution in [-0.2, 0) is 11.3 Å². The predicted octanol–water partition coefficient (Wildman–Crippen LogP) is -0.400. The Morgan fingerprint density at radius 1 is 1.69 bits per heavy atom. The monoisotopic (exact) mass is 228 g/mol. The summed E-state index contributed by atoms with van der Waals surface area (Å²) in [5.41, 5.74) is 6.38. The molecule has 1 unspecified atom stereocenters. The van der Waals surface area contributed by atoms with Crippen molar-refractivity contribution in [3.63, 3.8) is 0 Å². The number of aliphatic hydroxyl groups excluding tert-OH is 2. The highest BCUT2D eigenvalue weighted by atomic mass is 16.5. The SMILES string of the molecule is CCn1cc(N)cc1C(=O)OCC(O)CO. The average Bonchev–Trinajstić information content (AvgIpc) is 2.66. The number of esters is 1. The zero-order valence-corrected chi connectivity index (χ0v) is 9.09. The molecule has 0 aromatic carbocycles. The van der Waals surface area contributed by atoms with Gasteiger partial charge in [-0.25, -0.2) is 4.79 Å². The molecule has 1 rings (SSSR count). The fraction of sp³-hybridized carbons (Fsp3) is 0.500. The second-order valence-electron chi connectivity index (χ2n) is 3.38. The Bertz CT molecular complexity index is 362. The van der Waals surface area contributed by atoms with Crippen LogP contribution in [-0.4, -0.2) is 40.1 Å². The molecule has 1 heterocycles. The molecule has 6 heteroatoms. The minimum atomic E-state index is -1.05. The van der Waals surface area contributed by atoms with Gasteiger partial charge in [-0.2, -0.15) is 0 Å². The predicted molar refractivity (Wildman–Crippen MR) is 57.9 cm³/mol. The number of aryl methyl sites for hydroxylation is 1. The first-order valence-corrected chi connectivity index (χ1v) is 5.00. The summed E-state index contributed by atoms with van der Waals surface area (Å²) in [6, 6.07) is 1.51. The molecule has 0 fully saturated rings. The molecule has 0 saturated carbocycles. The van der Waals surface area contributed by atoms with E-state index in [4.69, 9.17) is 20.7 Å². The van der Waals surface area contributed by atoms with Gasteiger partial charge in [0, 0.05) is 12.7 Å². The van der Waals surface area contributed by atoms with Gasteiger partial charge in [-0.3, -0.25) is 0 Å². The lowest BCUT2D eigenvalue weighted by atomic mass is 10.4. The molecule has 16 heavy (non-hydrogen) atoms. The van der Waals surface area contributed by atoms with E-state index in [1.54, 1.807) is 10.8 Å². The number of hydrogen-bond donors (Lipinski definition) is 3. The van der Waals surface area contributed by atoms with Gasteiger partial charge in [0.25, 0.3) is 0 Å². The summed E-state index contributed by atoms with van der Waals surface area (Å²) in [6.45, 7) is 1.80. The zero-order valence-electron chi connectivity index (χ0n) is 9.09. The molecule has 6 nitrogen and oxygen atoms in total. The van der Waals surface area contributed by atoms with E-state index in [-0.39, 0.29) is 6.61 Å². The normalized spacial score (nSPS) is 12.4. The number of hydrogen-bond acceptors (Lipinski definition) is 5. The van der Waals surface area contributed by atoms with E-state index in [2.05, 4.69) is 0 Å². The molecule has 0 aliphatic rings. The van der Waals surface area contributed by atoms with Gasteiger partial charge in [-0.05, 0) is 13.0 Å². The number of aliphatic hydroxyl groups is 2. The summed E-state index contributed by atoms with van der Waals surface area (Å²) in [6.07, 6.45) is 0.588. The third-order valence-corrected chi connectivity index (χ3v) is 2.09. The number of rotatable bonds is 5. The molecule has 0 aliphatic carbocycles. The standard InChI is InChI=1S/C10H16N2O4/c1-2-12-4-7(11)3-9(12)10(15)16-6-8(14)5-13/h3-4,8,13-14H,2,5-6,11H2,1H3. The molecule has 0 aliphatic heterocycles. The van der Waals surface area contributed by atoms with Crippen molar-refractivity contribution < 1.29 is 19.7 Å². The van der Waals surface area contributed by atoms with Gasteiger partial charge >= 0.3 is 5.97 Å². The highest BCUT2D eigenvalue weighted by molar-refractivity contribution is 5.89. The van der Waals surface area contributed by atoms with E-state index in [0.29, 0.717) is 17.9 Å². The van der Waals surface area contributed by atoms with E-state index in [1.807, 2.05) is 6.92 Å². The van der Waals surface area contributed by atoms with Crippen molar-refractivity contribution in [2.24, 2.45) is 0 Å². The van der Waals surface area contributed by atoms with Gasteiger partial charge in [-0.1, -0.05) is 0 Å². The van der Waals surface area contributed by atoms with Crippen LogP contribution in [0.1, 0.15) is 17.4 Å². The van der Waals surface area contributed by atoms with E-state index >= 15 is 0 Å². The molecule has 4 N–H and O–H groups in total. The van der Waals surface area contributed by atoms with Gasteiger partial charge in [0.05, 0.1) is 12.3 Å². The van der Waals surface area contributed by atoms with Crippen molar-refractivity contribution in [3.05, 3.63) is 18.0 Å². The smallest absolute Gasteiger partial charge is 0.355 e. The van der Waals surface area contributed by atoms with E-state index in [1.165, 1.54) is 6.07 Å². The fourth-order valence-electron chi connectivity index (χ4n) is 1.26. The Kier molecular flexibility index (Phi) is 4.33. The topological polar surface area (TPSA) is 97.7 Å². The van der Waals surface area contributed by atoms with Gasteiger partial charge in [-0.15, -0.1) is 0 Å². The van der Waals surface area contributed by atoms with Crippen molar-refractivity contribution in [3.8, 4) is 0 Å². The quantitative estimate of drug-likeness (QED) is 0.596. The van der Waals surface area contributed by atoms with Crippen molar-refractivity contribution in [1.82, 2.24) is 4.57 Å². The molecule has 1 aromatic rings. The Morgan fingerprint density at radius 2 is 2.38 bits per heavy atom. The second kappa shape index (κ2) is 5.53. The molecule has 0 radical (unpaired) electrons. The molecule has 0 amide bonds. The summed E-state index contributed by atoms with van der Waals surface area (Å²) in [4.78, 5) is 11.6. The largest absolute Gasteiger partial charge is 0.458 e. The summed E-state index contributed by atoms with van der Waals surface area (Å²) in [7, 11) is 0. The molecular weight excluding hydrogens is 212 g/mol. The van der Waals surface area contributed by atoms with Gasteiger partial charge in [0.2, 0.25) is 0 Å².